The first-order valence-electron chi connectivity index (χ1n) is 10.5. The first-order valence-corrected chi connectivity index (χ1v) is 10.5. The van der Waals surface area contributed by atoms with E-state index in [1.807, 2.05) is 0 Å². The maximum absolute atomic E-state index is 13.1. The Kier molecular flexibility index (Phi) is 6.27. The molecular formula is C23H24FN5O3. The van der Waals surface area contributed by atoms with Crippen LogP contribution in [0.1, 0.15) is 31.2 Å². The van der Waals surface area contributed by atoms with Crippen LogP contribution in [0.5, 0.6) is 5.88 Å². The van der Waals surface area contributed by atoms with Gasteiger partial charge in [-0.1, -0.05) is 12.1 Å². The van der Waals surface area contributed by atoms with Crippen LogP contribution in [0.2, 0.25) is 0 Å². The van der Waals surface area contributed by atoms with Gasteiger partial charge in [-0.25, -0.2) is 4.39 Å². The molecule has 1 fully saturated rings. The third-order valence-corrected chi connectivity index (χ3v) is 5.59. The SMILES string of the molecule is CC(C(=O)N=Nc1c(O)[nH]c2ccc(NC(=O)CN3CCCC3)cc12)c1ccc(F)cc1. The summed E-state index contributed by atoms with van der Waals surface area (Å²) >= 11 is 0. The number of aromatic hydroxyl groups is 1. The number of hydrogen-bond donors (Lipinski definition) is 3. The summed E-state index contributed by atoms with van der Waals surface area (Å²) in [6.45, 7) is 3.83. The molecule has 8 nitrogen and oxygen atoms in total. The monoisotopic (exact) mass is 437 g/mol. The standard InChI is InChI=1S/C23H24FN5O3/c1-14(15-4-6-16(24)7-5-15)22(31)28-27-21-18-12-17(8-9-19(18)26-23(21)32)25-20(30)13-29-10-2-3-11-29/h4-9,12,14,26,32H,2-3,10-11,13H2,1H3,(H,25,30). The lowest BCUT2D eigenvalue weighted by Crippen LogP contribution is -2.30. The van der Waals surface area contributed by atoms with E-state index in [1.165, 1.54) is 24.3 Å². The molecule has 2 heterocycles. The van der Waals surface area contributed by atoms with Crippen molar-refractivity contribution in [2.45, 2.75) is 25.7 Å². The molecule has 3 aromatic rings. The van der Waals surface area contributed by atoms with E-state index in [2.05, 4.69) is 25.4 Å². The van der Waals surface area contributed by atoms with Crippen LogP contribution in [0.3, 0.4) is 0 Å². The highest BCUT2D eigenvalue weighted by Crippen LogP contribution is 2.37. The van der Waals surface area contributed by atoms with Gasteiger partial charge in [-0.05, 0) is 68.8 Å². The van der Waals surface area contributed by atoms with Crippen LogP contribution in [-0.2, 0) is 9.59 Å². The van der Waals surface area contributed by atoms with Crippen LogP contribution in [0, 0.1) is 5.82 Å². The highest BCUT2D eigenvalue weighted by atomic mass is 19.1. The Morgan fingerprint density at radius 1 is 1.19 bits per heavy atom. The lowest BCUT2D eigenvalue weighted by molar-refractivity contribution is -0.119. The summed E-state index contributed by atoms with van der Waals surface area (Å²) in [5, 5.41) is 21.3. The molecule has 1 saturated heterocycles. The summed E-state index contributed by atoms with van der Waals surface area (Å²) in [7, 11) is 0. The van der Waals surface area contributed by atoms with Crippen LogP contribution in [0.15, 0.2) is 52.7 Å². The van der Waals surface area contributed by atoms with E-state index in [0.717, 1.165) is 25.9 Å². The number of aromatic amines is 1. The van der Waals surface area contributed by atoms with Crippen molar-refractivity contribution in [3.8, 4) is 5.88 Å². The number of nitrogens with one attached hydrogen (secondary N) is 2. The van der Waals surface area contributed by atoms with Gasteiger partial charge in [-0.15, -0.1) is 10.2 Å². The minimum Gasteiger partial charge on any atom is -0.493 e. The zero-order chi connectivity index (χ0) is 22.7. The third kappa shape index (κ3) is 4.83. The summed E-state index contributed by atoms with van der Waals surface area (Å²) in [6, 6.07) is 10.7. The number of hydrogen-bond acceptors (Lipinski definition) is 5. The molecule has 1 aromatic heterocycles. The fourth-order valence-corrected chi connectivity index (χ4v) is 3.77. The van der Waals surface area contributed by atoms with Gasteiger partial charge in [0.05, 0.1) is 18.0 Å². The number of carbonyl (C=O) groups excluding carboxylic acids is 2. The van der Waals surface area contributed by atoms with Gasteiger partial charge >= 0.3 is 0 Å². The van der Waals surface area contributed by atoms with Gasteiger partial charge in [0.2, 0.25) is 11.8 Å². The van der Waals surface area contributed by atoms with Gasteiger partial charge in [0.15, 0.2) is 5.69 Å². The molecule has 0 aliphatic carbocycles. The lowest BCUT2D eigenvalue weighted by atomic mass is 10.0. The maximum Gasteiger partial charge on any atom is 0.271 e. The number of amides is 2. The molecule has 1 unspecified atom stereocenters. The second kappa shape index (κ2) is 9.27. The number of likely N-dealkylation sites (tertiary alicyclic amines) is 1. The largest absolute Gasteiger partial charge is 0.493 e. The number of rotatable bonds is 6. The van der Waals surface area contributed by atoms with Crippen molar-refractivity contribution in [2.75, 3.05) is 25.0 Å². The van der Waals surface area contributed by atoms with E-state index in [1.54, 1.807) is 25.1 Å². The van der Waals surface area contributed by atoms with E-state index in [-0.39, 0.29) is 23.3 Å². The van der Waals surface area contributed by atoms with Gasteiger partial charge in [-0.3, -0.25) is 14.5 Å². The summed E-state index contributed by atoms with van der Waals surface area (Å²) in [5.74, 6) is -1.88. The summed E-state index contributed by atoms with van der Waals surface area (Å²) in [6.07, 6.45) is 2.21. The van der Waals surface area contributed by atoms with Gasteiger partial charge < -0.3 is 15.4 Å². The summed E-state index contributed by atoms with van der Waals surface area (Å²) in [5.41, 5.74) is 1.87. The van der Waals surface area contributed by atoms with E-state index >= 15 is 0 Å². The zero-order valence-electron chi connectivity index (χ0n) is 17.6. The number of carbonyl (C=O) groups is 2. The van der Waals surface area contributed by atoms with Crippen molar-refractivity contribution in [2.24, 2.45) is 10.2 Å². The molecule has 0 spiro atoms. The Morgan fingerprint density at radius 2 is 1.91 bits per heavy atom. The number of fused-ring (bicyclic) bond motifs is 1. The normalized spacial score (nSPS) is 15.4. The Labute approximate surface area is 184 Å². The second-order valence-corrected chi connectivity index (χ2v) is 7.93. The van der Waals surface area contributed by atoms with E-state index < -0.39 is 11.8 Å². The van der Waals surface area contributed by atoms with Gasteiger partial charge in [0.25, 0.3) is 5.91 Å². The third-order valence-electron chi connectivity index (χ3n) is 5.59. The van der Waals surface area contributed by atoms with Crippen LogP contribution in [0.25, 0.3) is 10.9 Å². The highest BCUT2D eigenvalue weighted by molar-refractivity contribution is 6.00. The second-order valence-electron chi connectivity index (χ2n) is 7.93. The van der Waals surface area contributed by atoms with Crippen LogP contribution in [-0.4, -0.2) is 46.4 Å². The van der Waals surface area contributed by atoms with Crippen molar-refractivity contribution in [3.05, 3.63) is 53.8 Å². The minimum atomic E-state index is -0.618. The van der Waals surface area contributed by atoms with Crippen LogP contribution >= 0.6 is 0 Å². The number of azo groups is 1. The minimum absolute atomic E-state index is 0.107. The van der Waals surface area contributed by atoms with Crippen molar-refractivity contribution in [1.82, 2.24) is 9.88 Å². The Balaban J connectivity index is 1.50. The maximum atomic E-state index is 13.1. The predicted octanol–water partition coefficient (Wildman–Crippen LogP) is 4.46. The van der Waals surface area contributed by atoms with Gasteiger partial charge in [-0.2, -0.15) is 0 Å². The zero-order valence-corrected chi connectivity index (χ0v) is 17.6. The Morgan fingerprint density at radius 3 is 2.62 bits per heavy atom. The van der Waals surface area contributed by atoms with Crippen molar-refractivity contribution in [1.29, 1.82) is 0 Å². The van der Waals surface area contributed by atoms with Crippen molar-refractivity contribution >= 4 is 34.1 Å². The number of H-pyrrole nitrogens is 1. The molecule has 2 amide bonds. The predicted molar refractivity (Wildman–Crippen MR) is 119 cm³/mol. The number of benzene rings is 2. The number of nitrogens with zero attached hydrogens (tertiary/aromatic N) is 3. The fourth-order valence-electron chi connectivity index (χ4n) is 3.77. The number of halogens is 1. The molecule has 0 bridgehead atoms. The number of anilines is 1. The molecular weight excluding hydrogens is 413 g/mol. The molecule has 0 saturated carbocycles. The van der Waals surface area contributed by atoms with Crippen LogP contribution < -0.4 is 5.32 Å². The Bertz CT molecular complexity index is 1170. The average molecular weight is 437 g/mol. The quantitative estimate of drug-likeness (QED) is 0.495. The summed E-state index contributed by atoms with van der Waals surface area (Å²) in [4.78, 5) is 29.6. The molecule has 3 N–H and O–H groups in total. The van der Waals surface area contributed by atoms with Gasteiger partial charge in [0, 0.05) is 11.1 Å². The molecule has 0 radical (unpaired) electrons. The molecule has 166 valence electrons. The average Bonchev–Trinajstić information content (AvgIpc) is 3.38. The van der Waals surface area contributed by atoms with E-state index in [9.17, 15) is 19.1 Å². The molecule has 1 atom stereocenters. The fraction of sp³-hybridized carbons (Fsp3) is 0.304. The topological polar surface area (TPSA) is 110 Å². The van der Waals surface area contributed by atoms with Crippen LogP contribution in [0.4, 0.5) is 15.8 Å². The van der Waals surface area contributed by atoms with E-state index in [4.69, 9.17) is 0 Å². The Hall–Kier alpha value is -3.59. The molecule has 2 aromatic carbocycles. The molecule has 1 aliphatic rings. The van der Waals surface area contributed by atoms with Gasteiger partial charge in [0.1, 0.15) is 5.82 Å². The first kappa shape index (κ1) is 21.6. The highest BCUT2D eigenvalue weighted by Gasteiger charge is 2.18. The van der Waals surface area contributed by atoms with Crippen molar-refractivity contribution in [3.63, 3.8) is 0 Å². The lowest BCUT2D eigenvalue weighted by Gasteiger charge is -2.14. The first-order chi connectivity index (χ1) is 15.4. The molecule has 1 aliphatic heterocycles. The smallest absolute Gasteiger partial charge is 0.271 e. The van der Waals surface area contributed by atoms with E-state index in [0.29, 0.717) is 28.7 Å². The summed E-state index contributed by atoms with van der Waals surface area (Å²) < 4.78 is 13.1. The van der Waals surface area contributed by atoms with Crippen molar-refractivity contribution < 1.29 is 19.1 Å². The molecule has 4 rings (SSSR count). The number of aromatic nitrogens is 1. The molecule has 32 heavy (non-hydrogen) atoms. The molecule has 9 heteroatoms.